The molecule has 1 aromatic heterocycles. The van der Waals surface area contributed by atoms with Crippen LogP contribution in [0.2, 0.25) is 0 Å². The van der Waals surface area contributed by atoms with Crippen LogP contribution >= 0.6 is 0 Å². The zero-order valence-corrected chi connectivity index (χ0v) is 16.5. The molecule has 0 aliphatic carbocycles. The first-order valence-corrected chi connectivity index (χ1v) is 9.83. The maximum Gasteiger partial charge on any atom is 0.251 e. The fourth-order valence-corrected chi connectivity index (χ4v) is 3.01. The van der Waals surface area contributed by atoms with Crippen LogP contribution in [0, 0.1) is 5.82 Å². The number of benzene rings is 2. The molecule has 29 heavy (non-hydrogen) atoms. The lowest BCUT2D eigenvalue weighted by Crippen LogP contribution is -2.23. The molecule has 2 aromatic carbocycles. The first-order chi connectivity index (χ1) is 14.2. The highest BCUT2D eigenvalue weighted by molar-refractivity contribution is 5.97. The number of carbonyl (C=O) groups excluding carboxylic acids is 1. The molecule has 5 heteroatoms. The Morgan fingerprint density at radius 1 is 1.17 bits per heavy atom. The third-order valence-corrected chi connectivity index (χ3v) is 4.61. The van der Waals surface area contributed by atoms with Crippen molar-refractivity contribution in [1.82, 2.24) is 10.3 Å². The van der Waals surface area contributed by atoms with Crippen LogP contribution in [0.3, 0.4) is 0 Å². The topological polar surface area (TPSA) is 51.2 Å². The van der Waals surface area contributed by atoms with Crippen molar-refractivity contribution in [1.29, 1.82) is 0 Å². The number of ether oxygens (including phenoxy) is 1. The molecule has 0 saturated heterocycles. The molecule has 1 heterocycles. The summed E-state index contributed by atoms with van der Waals surface area (Å²) in [6.07, 6.45) is 8.70. The average Bonchev–Trinajstić information content (AvgIpc) is 2.75. The van der Waals surface area contributed by atoms with Crippen molar-refractivity contribution in [3.63, 3.8) is 0 Å². The molecule has 1 amide bonds. The number of hydrogen-bond acceptors (Lipinski definition) is 3. The first-order valence-electron chi connectivity index (χ1n) is 9.83. The monoisotopic (exact) mass is 392 g/mol. The maximum atomic E-state index is 14.7. The number of hydrogen-bond donors (Lipinski definition) is 1. The van der Waals surface area contributed by atoms with Crippen molar-refractivity contribution < 1.29 is 13.9 Å². The Balaban J connectivity index is 1.57. The Morgan fingerprint density at radius 3 is 2.93 bits per heavy atom. The lowest BCUT2D eigenvalue weighted by molar-refractivity contribution is 0.0950. The van der Waals surface area contributed by atoms with Gasteiger partial charge in [0, 0.05) is 29.3 Å². The number of amides is 1. The van der Waals surface area contributed by atoms with Crippen molar-refractivity contribution >= 4 is 16.8 Å². The van der Waals surface area contributed by atoms with Gasteiger partial charge in [-0.2, -0.15) is 0 Å². The molecule has 0 unspecified atom stereocenters. The second-order valence-corrected chi connectivity index (χ2v) is 6.74. The zero-order valence-electron chi connectivity index (χ0n) is 16.5. The fraction of sp³-hybridized carbons (Fsp3) is 0.250. The molecular weight excluding hydrogens is 367 g/mol. The van der Waals surface area contributed by atoms with Gasteiger partial charge in [0.2, 0.25) is 0 Å². The number of nitrogens with zero attached hydrogens (tertiary/aromatic N) is 1. The fourth-order valence-electron chi connectivity index (χ4n) is 3.01. The summed E-state index contributed by atoms with van der Waals surface area (Å²) in [5, 5.41) is 3.66. The number of nitrogens with one attached hydrogen (secondary N) is 1. The van der Waals surface area contributed by atoms with E-state index in [4.69, 9.17) is 4.74 Å². The summed E-state index contributed by atoms with van der Waals surface area (Å²) in [5.41, 5.74) is 1.73. The molecule has 150 valence electrons. The molecule has 0 fully saturated rings. The molecular formula is C24H25FN2O2. The van der Waals surface area contributed by atoms with E-state index in [1.54, 1.807) is 42.6 Å². The summed E-state index contributed by atoms with van der Waals surface area (Å²) in [7, 11) is 0. The van der Waals surface area contributed by atoms with E-state index in [0.29, 0.717) is 17.7 Å². The van der Waals surface area contributed by atoms with E-state index < -0.39 is 5.82 Å². The third kappa shape index (κ3) is 5.64. The molecule has 0 spiro atoms. The van der Waals surface area contributed by atoms with E-state index in [1.807, 2.05) is 25.1 Å². The minimum absolute atomic E-state index is 0.0915. The van der Waals surface area contributed by atoms with Crippen LogP contribution in [-0.4, -0.2) is 17.5 Å². The highest BCUT2D eigenvalue weighted by Crippen LogP contribution is 2.21. The van der Waals surface area contributed by atoms with E-state index in [0.717, 1.165) is 30.2 Å². The van der Waals surface area contributed by atoms with Crippen LogP contribution in [-0.2, 0) is 6.54 Å². The van der Waals surface area contributed by atoms with Gasteiger partial charge in [-0.05, 0) is 56.5 Å². The summed E-state index contributed by atoms with van der Waals surface area (Å²) in [6, 6.07) is 14.0. The van der Waals surface area contributed by atoms with Crippen molar-refractivity contribution in [3.8, 4) is 5.75 Å². The number of halogens is 1. The molecule has 0 aliphatic heterocycles. The summed E-state index contributed by atoms with van der Waals surface area (Å²) < 4.78 is 20.2. The highest BCUT2D eigenvalue weighted by atomic mass is 19.1. The van der Waals surface area contributed by atoms with E-state index in [1.165, 1.54) is 0 Å². The number of fused-ring (bicyclic) bond motifs is 1. The van der Waals surface area contributed by atoms with E-state index in [9.17, 15) is 9.18 Å². The van der Waals surface area contributed by atoms with Gasteiger partial charge in [-0.3, -0.25) is 9.78 Å². The van der Waals surface area contributed by atoms with Crippen LogP contribution in [0.4, 0.5) is 4.39 Å². The van der Waals surface area contributed by atoms with Crippen LogP contribution in [0.5, 0.6) is 5.75 Å². The van der Waals surface area contributed by atoms with Crippen LogP contribution < -0.4 is 10.1 Å². The smallest absolute Gasteiger partial charge is 0.251 e. The van der Waals surface area contributed by atoms with Gasteiger partial charge >= 0.3 is 0 Å². The molecule has 0 saturated carbocycles. The van der Waals surface area contributed by atoms with Crippen LogP contribution in [0.25, 0.3) is 10.9 Å². The van der Waals surface area contributed by atoms with Gasteiger partial charge in [-0.1, -0.05) is 30.4 Å². The minimum atomic E-state index is -0.427. The van der Waals surface area contributed by atoms with Gasteiger partial charge in [0.05, 0.1) is 12.1 Å². The summed E-state index contributed by atoms with van der Waals surface area (Å²) >= 11 is 0. The quantitative estimate of drug-likeness (QED) is 0.390. The van der Waals surface area contributed by atoms with Crippen molar-refractivity contribution in [2.45, 2.75) is 32.7 Å². The van der Waals surface area contributed by atoms with Crippen molar-refractivity contribution in [2.24, 2.45) is 0 Å². The molecule has 3 aromatic rings. The van der Waals surface area contributed by atoms with Crippen LogP contribution in [0.1, 0.15) is 42.1 Å². The highest BCUT2D eigenvalue weighted by Gasteiger charge is 2.12. The molecule has 4 nitrogen and oxygen atoms in total. The number of rotatable bonds is 9. The Bertz CT molecular complexity index is 1000. The average molecular weight is 392 g/mol. The Labute approximate surface area is 170 Å². The number of unbranched alkanes of at least 4 members (excludes halogenated alkanes) is 2. The largest absolute Gasteiger partial charge is 0.491 e. The summed E-state index contributed by atoms with van der Waals surface area (Å²) in [6.45, 7) is 2.55. The van der Waals surface area contributed by atoms with Crippen molar-refractivity contribution in [3.05, 3.63) is 83.8 Å². The van der Waals surface area contributed by atoms with Gasteiger partial charge in [-0.15, -0.1) is 0 Å². The molecule has 1 N–H and O–H groups in total. The molecule has 0 radical (unpaired) electrons. The normalized spacial score (nSPS) is 11.1. The lowest BCUT2D eigenvalue weighted by Gasteiger charge is -2.11. The predicted octanol–water partition coefficient (Wildman–Crippen LogP) is 5.43. The van der Waals surface area contributed by atoms with Crippen LogP contribution in [0.15, 0.2) is 66.9 Å². The van der Waals surface area contributed by atoms with Gasteiger partial charge in [0.15, 0.2) is 11.6 Å². The number of pyridine rings is 1. The Kier molecular flexibility index (Phi) is 7.34. The first kappa shape index (κ1) is 20.5. The number of aromatic nitrogens is 1. The standard InChI is InChI=1S/C24H25FN2O2/c1-2-3-4-5-6-15-29-22-11-7-9-20(23(22)25)17-27-24(28)19-12-13-21-18(16-19)10-8-14-26-21/h2-3,7-14,16H,4-6,15,17H2,1H3,(H,27,28). The number of carbonyl (C=O) groups is 1. The Hall–Kier alpha value is -3.21. The summed E-state index contributed by atoms with van der Waals surface area (Å²) in [4.78, 5) is 16.7. The van der Waals surface area contributed by atoms with E-state index in [2.05, 4.69) is 16.4 Å². The van der Waals surface area contributed by atoms with E-state index >= 15 is 0 Å². The van der Waals surface area contributed by atoms with Gasteiger partial charge in [0.1, 0.15) is 0 Å². The SMILES string of the molecule is CC=CCCCCOc1cccc(CNC(=O)c2ccc3ncccc3c2)c1F. The minimum Gasteiger partial charge on any atom is -0.491 e. The lowest BCUT2D eigenvalue weighted by atomic mass is 10.1. The van der Waals surface area contributed by atoms with Gasteiger partial charge < -0.3 is 10.1 Å². The van der Waals surface area contributed by atoms with Crippen molar-refractivity contribution in [2.75, 3.05) is 6.61 Å². The van der Waals surface area contributed by atoms with E-state index in [-0.39, 0.29) is 18.2 Å². The zero-order chi connectivity index (χ0) is 20.5. The number of allylic oxidation sites excluding steroid dienone is 2. The second-order valence-electron chi connectivity index (χ2n) is 6.74. The predicted molar refractivity (Wildman–Crippen MR) is 113 cm³/mol. The Morgan fingerprint density at radius 2 is 2.07 bits per heavy atom. The third-order valence-electron chi connectivity index (χ3n) is 4.61. The molecule has 3 rings (SSSR count). The maximum absolute atomic E-state index is 14.7. The summed E-state index contributed by atoms with van der Waals surface area (Å²) in [5.74, 6) is -0.464. The van der Waals surface area contributed by atoms with Gasteiger partial charge in [-0.25, -0.2) is 4.39 Å². The van der Waals surface area contributed by atoms with Gasteiger partial charge in [0.25, 0.3) is 5.91 Å². The molecule has 0 atom stereocenters. The second kappa shape index (κ2) is 10.4. The molecule has 0 bridgehead atoms. The molecule has 0 aliphatic rings.